The topological polar surface area (TPSA) is 6.48 Å². The monoisotopic (exact) mass is 1150 g/mol. The molecule has 0 atom stereocenters. The lowest BCUT2D eigenvalue weighted by molar-refractivity contribution is 0.627. The van der Waals surface area contributed by atoms with Gasteiger partial charge < -0.3 is 9.80 Å². The summed E-state index contributed by atoms with van der Waals surface area (Å²) in [5.41, 5.74) is 19.8. The maximum atomic E-state index is 15.6. The molecule has 1 aliphatic carbocycles. The van der Waals surface area contributed by atoms with Crippen molar-refractivity contribution in [2.24, 2.45) is 0 Å². The Morgan fingerprint density at radius 2 is 0.670 bits per heavy atom. The third-order valence-electron chi connectivity index (χ3n) is 17.6. The molecule has 0 aliphatic heterocycles. The van der Waals surface area contributed by atoms with E-state index in [2.05, 4.69) is 289 Å². The summed E-state index contributed by atoms with van der Waals surface area (Å²) in [4.78, 5) is 4.73. The molecule has 5 heteroatoms. The lowest BCUT2D eigenvalue weighted by Crippen LogP contribution is -2.29. The molecular weight excluding hydrogens is 1090 g/mol. The molecule has 0 amide bonds. The number of nitrogens with zero attached hydrogens (tertiary/aromatic N) is 2. The number of thiophene rings is 1. The minimum absolute atomic E-state index is 0.311. The van der Waals surface area contributed by atoms with Crippen LogP contribution in [0.5, 0.6) is 0 Å². The molecule has 0 saturated carbocycles. The van der Waals surface area contributed by atoms with Crippen molar-refractivity contribution in [2.45, 2.75) is 5.41 Å². The summed E-state index contributed by atoms with van der Waals surface area (Å²) < 4.78 is 33.4. The molecule has 15 aromatic rings. The van der Waals surface area contributed by atoms with Gasteiger partial charge in [-0.05, 0) is 158 Å². The van der Waals surface area contributed by atoms with Crippen LogP contribution < -0.4 is 9.80 Å². The van der Waals surface area contributed by atoms with Crippen molar-refractivity contribution in [3.63, 3.8) is 0 Å². The van der Waals surface area contributed by atoms with Crippen LogP contribution >= 0.6 is 11.3 Å². The van der Waals surface area contributed by atoms with Crippen LogP contribution in [0.1, 0.15) is 22.3 Å². The molecule has 0 bridgehead atoms. The van der Waals surface area contributed by atoms with Crippen molar-refractivity contribution >= 4 is 76.4 Å². The van der Waals surface area contributed by atoms with Gasteiger partial charge in [0.05, 0.1) is 28.2 Å². The molecule has 0 saturated heterocycles. The normalized spacial score (nSPS) is 12.3. The zero-order chi connectivity index (χ0) is 58.7. The van der Waals surface area contributed by atoms with Gasteiger partial charge in [0.25, 0.3) is 0 Å². The smallest absolute Gasteiger partial charge is 0.123 e. The molecule has 2 nitrogen and oxygen atoms in total. The number of fused-ring (bicyclic) bond motifs is 9. The summed E-state index contributed by atoms with van der Waals surface area (Å²) in [6.45, 7) is 0. The second-order valence-corrected chi connectivity index (χ2v) is 23.6. The minimum atomic E-state index is -0.952. The molecule has 0 fully saturated rings. The first-order valence-electron chi connectivity index (χ1n) is 29.8. The first kappa shape index (κ1) is 52.6. The Morgan fingerprint density at radius 1 is 0.284 bits per heavy atom. The van der Waals surface area contributed by atoms with Gasteiger partial charge in [0.15, 0.2) is 0 Å². The Morgan fingerprint density at radius 3 is 1.16 bits per heavy atom. The van der Waals surface area contributed by atoms with Crippen LogP contribution in [-0.2, 0) is 5.41 Å². The first-order chi connectivity index (χ1) is 43.5. The van der Waals surface area contributed by atoms with E-state index in [1.54, 1.807) is 24.3 Å². The quantitative estimate of drug-likeness (QED) is 0.120. The van der Waals surface area contributed by atoms with Crippen LogP contribution in [0.3, 0.4) is 0 Å². The predicted octanol–water partition coefficient (Wildman–Crippen LogP) is 23.5. The lowest BCUT2D eigenvalue weighted by Gasteiger charge is -2.36. The van der Waals surface area contributed by atoms with Gasteiger partial charge in [-0.2, -0.15) is 0 Å². The lowest BCUT2D eigenvalue weighted by atomic mass is 9.67. The maximum absolute atomic E-state index is 15.6. The van der Waals surface area contributed by atoms with Crippen LogP contribution in [-0.4, -0.2) is 0 Å². The fourth-order valence-corrected chi connectivity index (χ4v) is 15.1. The molecule has 16 rings (SSSR count). The molecule has 14 aromatic carbocycles. The van der Waals surface area contributed by atoms with Gasteiger partial charge in [-0.3, -0.25) is 0 Å². The van der Waals surface area contributed by atoms with E-state index < -0.39 is 5.41 Å². The van der Waals surface area contributed by atoms with E-state index in [0.717, 1.165) is 143 Å². The number of anilines is 6. The highest BCUT2D eigenvalue weighted by Gasteiger charge is 2.49. The van der Waals surface area contributed by atoms with E-state index in [0.29, 0.717) is 0 Å². The standard InChI is InChI=1S/C83H54F2N2S/c84-63-41-45-65(46-42-63)86(74-49-39-59(55-23-7-1-8-24-55)51-70(74)57-27-11-3-12-28-57)76-53-72-79(68-36-20-19-35-67(68)76)81-73(83(72,61-31-15-5-16-32-61)62-33-17-6-18-34-62)54-77(80-69-37-21-22-38-78(69)88-82(80)81)87(66-47-43-64(85)44-48-66)75-50-40-60(56-25-9-2-10-26-56)52-71(75)58-29-13-4-14-30-58/h1-54H. The fourth-order valence-electron chi connectivity index (χ4n) is 13.8. The Labute approximate surface area is 514 Å². The summed E-state index contributed by atoms with van der Waals surface area (Å²) in [7, 11) is 0. The first-order valence-corrected chi connectivity index (χ1v) is 30.6. The molecule has 88 heavy (non-hydrogen) atoms. The van der Waals surface area contributed by atoms with E-state index in [4.69, 9.17) is 0 Å². The van der Waals surface area contributed by atoms with Gasteiger partial charge in [0.1, 0.15) is 11.6 Å². The Kier molecular flexibility index (Phi) is 13.0. The van der Waals surface area contributed by atoms with Crippen LogP contribution in [0.2, 0.25) is 0 Å². The highest BCUT2D eigenvalue weighted by molar-refractivity contribution is 7.26. The van der Waals surface area contributed by atoms with E-state index in [1.807, 2.05) is 35.6 Å². The van der Waals surface area contributed by atoms with Gasteiger partial charge in [-0.1, -0.05) is 237 Å². The molecule has 416 valence electrons. The van der Waals surface area contributed by atoms with Gasteiger partial charge in [0, 0.05) is 53.6 Å². The molecular formula is C83H54F2N2S. The van der Waals surface area contributed by atoms with Gasteiger partial charge >= 0.3 is 0 Å². The van der Waals surface area contributed by atoms with E-state index >= 15 is 8.78 Å². The summed E-state index contributed by atoms with van der Waals surface area (Å²) in [6, 6.07) is 114. The molecule has 0 radical (unpaired) electrons. The number of halogens is 2. The summed E-state index contributed by atoms with van der Waals surface area (Å²) in [6.07, 6.45) is 0. The summed E-state index contributed by atoms with van der Waals surface area (Å²) in [5, 5.41) is 4.36. The van der Waals surface area contributed by atoms with Crippen LogP contribution in [0, 0.1) is 11.6 Å². The van der Waals surface area contributed by atoms with Crippen LogP contribution in [0.15, 0.2) is 328 Å². The second-order valence-electron chi connectivity index (χ2n) is 22.5. The summed E-state index contributed by atoms with van der Waals surface area (Å²) in [5.74, 6) is -0.622. The molecule has 1 aromatic heterocycles. The average molecular weight is 1150 g/mol. The summed E-state index contributed by atoms with van der Waals surface area (Å²) >= 11 is 1.83. The number of rotatable bonds is 12. The molecule has 0 spiro atoms. The van der Waals surface area contributed by atoms with Crippen molar-refractivity contribution in [3.05, 3.63) is 361 Å². The number of hydrogen-bond donors (Lipinski definition) is 0. The van der Waals surface area contributed by atoms with Gasteiger partial charge in [0.2, 0.25) is 0 Å². The van der Waals surface area contributed by atoms with Gasteiger partial charge in [-0.15, -0.1) is 11.3 Å². The zero-order valence-electron chi connectivity index (χ0n) is 47.7. The van der Waals surface area contributed by atoms with Crippen molar-refractivity contribution in [1.29, 1.82) is 0 Å². The van der Waals surface area contributed by atoms with Crippen molar-refractivity contribution < 1.29 is 8.78 Å². The van der Waals surface area contributed by atoms with Crippen molar-refractivity contribution in [2.75, 3.05) is 9.80 Å². The molecule has 0 N–H and O–H groups in total. The zero-order valence-corrected chi connectivity index (χ0v) is 48.6. The minimum Gasteiger partial charge on any atom is -0.309 e. The fraction of sp³-hybridized carbons (Fsp3) is 0.0120. The van der Waals surface area contributed by atoms with Crippen LogP contribution in [0.4, 0.5) is 42.9 Å². The van der Waals surface area contributed by atoms with Gasteiger partial charge in [-0.25, -0.2) is 8.78 Å². The SMILES string of the molecule is Fc1ccc(N(c2ccc(-c3ccccc3)cc2-c2ccccc2)c2cc3c(c4ccccc24)-c2c(cc(N(c4ccc(F)cc4)c4ccc(-c5ccccc5)cc4-c4ccccc4)c4c2sc2ccccc24)C3(c2ccccc2)c2ccccc2)cc1. The highest BCUT2D eigenvalue weighted by atomic mass is 32.1. The number of benzene rings is 14. The largest absolute Gasteiger partial charge is 0.309 e. The molecule has 1 heterocycles. The highest BCUT2D eigenvalue weighted by Crippen LogP contribution is 2.65. The molecule has 0 unspecified atom stereocenters. The Hall–Kier alpha value is -11.0. The third-order valence-corrected chi connectivity index (χ3v) is 18.8. The van der Waals surface area contributed by atoms with Crippen LogP contribution in [0.25, 0.3) is 86.6 Å². The average Bonchev–Trinajstić information content (AvgIpc) is 1.50. The maximum Gasteiger partial charge on any atom is 0.123 e. The second kappa shape index (κ2) is 21.8. The number of hydrogen-bond acceptors (Lipinski definition) is 3. The Balaban J connectivity index is 1.06. The van der Waals surface area contributed by atoms with E-state index in [-0.39, 0.29) is 11.6 Å². The Bertz CT molecular complexity index is 5030. The van der Waals surface area contributed by atoms with E-state index in [1.165, 1.54) is 0 Å². The third kappa shape index (κ3) is 8.73. The van der Waals surface area contributed by atoms with E-state index in [9.17, 15) is 0 Å². The van der Waals surface area contributed by atoms with Crippen molar-refractivity contribution in [1.82, 2.24) is 0 Å². The van der Waals surface area contributed by atoms with Crippen molar-refractivity contribution in [3.8, 4) is 55.6 Å². The molecule has 1 aliphatic rings. The predicted molar refractivity (Wildman–Crippen MR) is 365 cm³/mol.